The number of hydrogen-bond acceptors (Lipinski definition) is 9. The van der Waals surface area contributed by atoms with Crippen LogP contribution in [-0.4, -0.2) is 32.2 Å². The lowest BCUT2D eigenvalue weighted by Gasteiger charge is -2.26. The predicted octanol–water partition coefficient (Wildman–Crippen LogP) is 2.64. The van der Waals surface area contributed by atoms with Gasteiger partial charge in [-0.2, -0.15) is 4.98 Å². The molecule has 2 aromatic heterocycles. The zero-order chi connectivity index (χ0) is 22.2. The molecule has 5 N–H and O–H groups in total. The summed E-state index contributed by atoms with van der Waals surface area (Å²) in [5, 5.41) is 14.9. The molecular formula is C19H23FN6O3S. The lowest BCUT2D eigenvalue weighted by Crippen LogP contribution is -2.39. The van der Waals surface area contributed by atoms with Crippen LogP contribution in [0.1, 0.15) is 50.4 Å². The van der Waals surface area contributed by atoms with E-state index in [1.165, 1.54) is 29.2 Å². The second-order valence-corrected chi connectivity index (χ2v) is 8.79. The smallest absolute Gasteiger partial charge is 0.261 e. The number of amides is 1. The van der Waals surface area contributed by atoms with E-state index >= 15 is 0 Å². The zero-order valence-corrected chi connectivity index (χ0v) is 17.8. The van der Waals surface area contributed by atoms with Gasteiger partial charge in [0.1, 0.15) is 17.7 Å². The number of carbonyl (C=O) groups excluding carboxylic acids is 1. The topological polar surface area (TPSA) is 144 Å². The van der Waals surface area contributed by atoms with Gasteiger partial charge in [-0.3, -0.25) is 4.79 Å². The van der Waals surface area contributed by atoms with Crippen molar-refractivity contribution >= 4 is 33.9 Å². The van der Waals surface area contributed by atoms with E-state index in [-0.39, 0.29) is 22.0 Å². The van der Waals surface area contributed by atoms with Crippen molar-refractivity contribution in [3.05, 3.63) is 46.7 Å². The number of carbonyl (C=O) groups is 1. The first-order chi connectivity index (χ1) is 14.0. The normalized spacial score (nSPS) is 13.8. The predicted molar refractivity (Wildman–Crippen MR) is 111 cm³/mol. The van der Waals surface area contributed by atoms with Crippen molar-refractivity contribution in [1.82, 2.24) is 15.1 Å². The number of aromatic nitrogens is 3. The summed E-state index contributed by atoms with van der Waals surface area (Å²) in [4.78, 5) is 22.2. The summed E-state index contributed by atoms with van der Waals surface area (Å²) in [7, 11) is 0. The minimum absolute atomic E-state index is 0.0156. The Balaban J connectivity index is 2.00. The maximum atomic E-state index is 13.4. The average Bonchev–Trinajstić information content (AvgIpc) is 3.30. The SMILES string of the molecule is CC(C(N)=O)N(c1ccc(F)cc1)c1nc(N)c(C(O)c2nc(C(C)(C)C)no2)s1. The van der Waals surface area contributed by atoms with E-state index in [0.717, 1.165) is 11.3 Å². The van der Waals surface area contributed by atoms with Crippen LogP contribution in [0.4, 0.5) is 21.0 Å². The Hall–Kier alpha value is -3.05. The number of halogens is 1. The number of rotatable bonds is 6. The molecular weight excluding hydrogens is 411 g/mol. The van der Waals surface area contributed by atoms with Gasteiger partial charge >= 0.3 is 0 Å². The highest BCUT2D eigenvalue weighted by molar-refractivity contribution is 7.16. The van der Waals surface area contributed by atoms with Crippen molar-refractivity contribution in [3.63, 3.8) is 0 Å². The maximum absolute atomic E-state index is 13.4. The highest BCUT2D eigenvalue weighted by Crippen LogP contribution is 2.39. The molecule has 0 saturated carbocycles. The van der Waals surface area contributed by atoms with Crippen LogP contribution in [-0.2, 0) is 10.2 Å². The Morgan fingerprint density at radius 2 is 1.90 bits per heavy atom. The van der Waals surface area contributed by atoms with E-state index in [0.29, 0.717) is 16.6 Å². The van der Waals surface area contributed by atoms with Crippen molar-refractivity contribution in [1.29, 1.82) is 0 Å². The minimum Gasteiger partial charge on any atom is -0.383 e. The molecule has 2 heterocycles. The van der Waals surface area contributed by atoms with Gasteiger partial charge in [0.2, 0.25) is 5.91 Å². The Labute approximate surface area is 176 Å². The Morgan fingerprint density at radius 1 is 1.27 bits per heavy atom. The van der Waals surface area contributed by atoms with Crippen molar-refractivity contribution in [2.24, 2.45) is 5.73 Å². The van der Waals surface area contributed by atoms with Gasteiger partial charge in [0, 0.05) is 11.1 Å². The molecule has 2 unspecified atom stereocenters. The average molecular weight is 434 g/mol. The summed E-state index contributed by atoms with van der Waals surface area (Å²) in [6, 6.07) is 4.71. The van der Waals surface area contributed by atoms with Crippen molar-refractivity contribution in [2.75, 3.05) is 10.6 Å². The fourth-order valence-electron chi connectivity index (χ4n) is 2.62. The number of thiazole rings is 1. The first-order valence-corrected chi connectivity index (χ1v) is 9.93. The summed E-state index contributed by atoms with van der Waals surface area (Å²) < 4.78 is 18.6. The molecule has 3 aromatic rings. The molecule has 0 aliphatic rings. The largest absolute Gasteiger partial charge is 0.383 e. The van der Waals surface area contributed by atoms with Gasteiger partial charge in [-0.25, -0.2) is 9.37 Å². The van der Waals surface area contributed by atoms with Crippen LogP contribution in [0.25, 0.3) is 0 Å². The van der Waals surface area contributed by atoms with E-state index in [1.54, 1.807) is 6.92 Å². The quantitative estimate of drug-likeness (QED) is 0.537. The number of aliphatic hydroxyl groups excluding tert-OH is 1. The van der Waals surface area contributed by atoms with Gasteiger partial charge < -0.3 is 26.0 Å². The van der Waals surface area contributed by atoms with Gasteiger partial charge in [-0.1, -0.05) is 37.3 Å². The molecule has 9 nitrogen and oxygen atoms in total. The standard InChI is InChI=1S/C19H23FN6O3S/c1-9(15(22)28)26(11-7-5-10(20)6-8-11)18-23-14(21)13(30-18)12(27)16-24-17(25-29-16)19(2,3)4/h5-9,12,27H,21H2,1-4H3,(H2,22,28). The van der Waals surface area contributed by atoms with Gasteiger partial charge in [-0.15, -0.1) is 0 Å². The summed E-state index contributed by atoms with van der Waals surface area (Å²) in [5.41, 5.74) is 11.7. The molecule has 0 fully saturated rings. The molecule has 0 aliphatic carbocycles. The number of benzene rings is 1. The number of aliphatic hydroxyl groups is 1. The number of primary amides is 1. The fraction of sp³-hybridized carbons (Fsp3) is 0.368. The lowest BCUT2D eigenvalue weighted by atomic mass is 9.96. The van der Waals surface area contributed by atoms with Gasteiger partial charge in [0.15, 0.2) is 17.1 Å². The van der Waals surface area contributed by atoms with Crippen LogP contribution in [0.2, 0.25) is 0 Å². The molecule has 0 spiro atoms. The number of hydrogen-bond donors (Lipinski definition) is 3. The third-order valence-electron chi connectivity index (χ3n) is 4.37. The van der Waals surface area contributed by atoms with Gasteiger partial charge in [0.05, 0.1) is 4.88 Å². The molecule has 0 saturated heterocycles. The highest BCUT2D eigenvalue weighted by Gasteiger charge is 2.30. The fourth-order valence-corrected chi connectivity index (χ4v) is 3.69. The minimum atomic E-state index is -1.29. The highest BCUT2D eigenvalue weighted by atomic mass is 32.1. The third-order valence-corrected chi connectivity index (χ3v) is 5.50. The van der Waals surface area contributed by atoms with Crippen LogP contribution in [0, 0.1) is 5.82 Å². The van der Waals surface area contributed by atoms with E-state index in [9.17, 15) is 14.3 Å². The van der Waals surface area contributed by atoms with E-state index in [4.69, 9.17) is 16.0 Å². The second kappa shape index (κ2) is 8.00. The molecule has 2 atom stereocenters. The van der Waals surface area contributed by atoms with Crippen LogP contribution in [0.15, 0.2) is 28.8 Å². The van der Waals surface area contributed by atoms with Crippen LogP contribution < -0.4 is 16.4 Å². The Kier molecular flexibility index (Phi) is 5.77. The molecule has 3 rings (SSSR count). The molecule has 11 heteroatoms. The molecule has 1 aromatic carbocycles. The first kappa shape index (κ1) is 21.7. The molecule has 1 amide bonds. The van der Waals surface area contributed by atoms with E-state index < -0.39 is 23.9 Å². The molecule has 0 bridgehead atoms. The Morgan fingerprint density at radius 3 is 2.43 bits per heavy atom. The zero-order valence-electron chi connectivity index (χ0n) is 17.0. The van der Waals surface area contributed by atoms with E-state index in [2.05, 4.69) is 15.1 Å². The van der Waals surface area contributed by atoms with E-state index in [1.807, 2.05) is 20.8 Å². The number of nitrogens with two attached hydrogens (primary N) is 2. The van der Waals surface area contributed by atoms with Crippen LogP contribution >= 0.6 is 11.3 Å². The summed E-state index contributed by atoms with van der Waals surface area (Å²) in [6.07, 6.45) is -1.29. The second-order valence-electron chi connectivity index (χ2n) is 7.78. The number of nitrogen functional groups attached to an aromatic ring is 1. The first-order valence-electron chi connectivity index (χ1n) is 9.11. The van der Waals surface area contributed by atoms with Gasteiger partial charge in [0.25, 0.3) is 5.89 Å². The number of nitrogens with zero attached hydrogens (tertiary/aromatic N) is 4. The van der Waals surface area contributed by atoms with Crippen LogP contribution in [0.5, 0.6) is 0 Å². The van der Waals surface area contributed by atoms with Crippen molar-refractivity contribution < 1.29 is 18.8 Å². The van der Waals surface area contributed by atoms with Crippen molar-refractivity contribution in [2.45, 2.75) is 45.3 Å². The molecule has 0 aliphatic heterocycles. The summed E-state index contributed by atoms with van der Waals surface area (Å²) in [6.45, 7) is 7.34. The van der Waals surface area contributed by atoms with Crippen molar-refractivity contribution in [3.8, 4) is 0 Å². The third kappa shape index (κ3) is 4.26. The lowest BCUT2D eigenvalue weighted by molar-refractivity contribution is -0.118. The molecule has 160 valence electrons. The van der Waals surface area contributed by atoms with Gasteiger partial charge in [-0.05, 0) is 31.2 Å². The summed E-state index contributed by atoms with van der Waals surface area (Å²) >= 11 is 1.04. The summed E-state index contributed by atoms with van der Waals surface area (Å²) in [5.74, 6) is -0.566. The maximum Gasteiger partial charge on any atom is 0.261 e. The van der Waals surface area contributed by atoms with Crippen LogP contribution in [0.3, 0.4) is 0 Å². The number of anilines is 3. The monoisotopic (exact) mass is 434 g/mol. The Bertz CT molecular complexity index is 1040. The molecule has 0 radical (unpaired) electrons. The molecule has 30 heavy (non-hydrogen) atoms.